The highest BCUT2D eigenvalue weighted by molar-refractivity contribution is 5.48. The van der Waals surface area contributed by atoms with Gasteiger partial charge in [0.15, 0.2) is 0 Å². The lowest BCUT2D eigenvalue weighted by molar-refractivity contribution is -0.00461. The Kier molecular flexibility index (Phi) is 4.11. The van der Waals surface area contributed by atoms with Gasteiger partial charge in [-0.05, 0) is 6.07 Å². The molecule has 1 saturated heterocycles. The van der Waals surface area contributed by atoms with Crippen LogP contribution in [0.1, 0.15) is 5.56 Å². The van der Waals surface area contributed by atoms with Gasteiger partial charge in [-0.1, -0.05) is 0 Å². The van der Waals surface area contributed by atoms with Crippen LogP contribution in [0.2, 0.25) is 0 Å². The molecule has 2 rings (SSSR count). The van der Waals surface area contributed by atoms with Crippen molar-refractivity contribution in [3.8, 4) is 0 Å². The van der Waals surface area contributed by atoms with Crippen molar-refractivity contribution < 1.29 is 19.0 Å². The minimum Gasteiger partial charge on any atom is -0.392 e. The largest absolute Gasteiger partial charge is 0.392 e. The molecule has 2 heterocycles. The first-order valence-electron chi connectivity index (χ1n) is 5.75. The maximum Gasteiger partial charge on any atom is 0.142 e. The van der Waals surface area contributed by atoms with Crippen molar-refractivity contribution in [2.24, 2.45) is 0 Å². The average molecular weight is 256 g/mol. The number of nitrogens with zero attached hydrogens (tertiary/aromatic N) is 2. The third-order valence-corrected chi connectivity index (χ3v) is 3.20. The molecule has 1 aromatic heterocycles. The molecule has 0 aliphatic carbocycles. The predicted octanol–water partition coefficient (Wildman–Crippen LogP) is 0.563. The van der Waals surface area contributed by atoms with E-state index in [9.17, 15) is 9.50 Å². The smallest absolute Gasteiger partial charge is 0.142 e. The van der Waals surface area contributed by atoms with Crippen molar-refractivity contribution in [2.45, 2.75) is 18.8 Å². The van der Waals surface area contributed by atoms with Gasteiger partial charge in [0, 0.05) is 32.9 Å². The summed E-state index contributed by atoms with van der Waals surface area (Å²) >= 11 is 0. The molecule has 1 aliphatic heterocycles. The number of pyridine rings is 1. The lowest BCUT2D eigenvalue weighted by atomic mass is 10.2. The van der Waals surface area contributed by atoms with E-state index in [2.05, 4.69) is 4.98 Å². The number of halogens is 1. The van der Waals surface area contributed by atoms with Crippen LogP contribution in [0.5, 0.6) is 0 Å². The Labute approximate surface area is 105 Å². The Morgan fingerprint density at radius 1 is 1.39 bits per heavy atom. The summed E-state index contributed by atoms with van der Waals surface area (Å²) in [6.45, 7) is 0.979. The molecule has 18 heavy (non-hydrogen) atoms. The van der Waals surface area contributed by atoms with E-state index in [0.29, 0.717) is 24.5 Å². The summed E-state index contributed by atoms with van der Waals surface area (Å²) in [5.74, 6) is 0.133. The summed E-state index contributed by atoms with van der Waals surface area (Å²) in [7, 11) is 3.26. The highest BCUT2D eigenvalue weighted by Gasteiger charge is 2.34. The van der Waals surface area contributed by atoms with Gasteiger partial charge < -0.3 is 19.5 Å². The van der Waals surface area contributed by atoms with Crippen LogP contribution in [-0.2, 0) is 16.1 Å². The maximum absolute atomic E-state index is 13.1. The number of anilines is 1. The molecule has 0 saturated carbocycles. The van der Waals surface area contributed by atoms with E-state index < -0.39 is 5.82 Å². The Bertz CT molecular complexity index is 404. The van der Waals surface area contributed by atoms with Crippen LogP contribution in [0, 0.1) is 5.82 Å². The number of methoxy groups -OCH3 is 2. The summed E-state index contributed by atoms with van der Waals surface area (Å²) in [5.41, 5.74) is 0.474. The monoisotopic (exact) mass is 256 g/mol. The highest BCUT2D eigenvalue weighted by atomic mass is 19.1. The average Bonchev–Trinajstić information content (AvgIpc) is 2.81. The second-order valence-electron chi connectivity index (χ2n) is 4.25. The van der Waals surface area contributed by atoms with Gasteiger partial charge in [0.05, 0.1) is 12.8 Å². The number of aromatic nitrogens is 1. The van der Waals surface area contributed by atoms with Crippen LogP contribution in [0.25, 0.3) is 0 Å². The first-order chi connectivity index (χ1) is 8.69. The normalized spacial score (nSPS) is 23.7. The quantitative estimate of drug-likeness (QED) is 0.853. The molecule has 1 aliphatic rings. The van der Waals surface area contributed by atoms with E-state index in [4.69, 9.17) is 9.47 Å². The van der Waals surface area contributed by atoms with Crippen LogP contribution >= 0.6 is 0 Å². The van der Waals surface area contributed by atoms with Crippen molar-refractivity contribution in [3.05, 3.63) is 23.6 Å². The standard InChI is InChI=1S/C12H17FN2O3/c1-17-10-5-15(6-11(10)18-2)12-8(7-16)3-9(13)4-14-12/h3-4,10-11,16H,5-7H2,1-2H3. The fourth-order valence-corrected chi connectivity index (χ4v) is 2.24. The van der Waals surface area contributed by atoms with E-state index in [1.54, 1.807) is 14.2 Å². The van der Waals surface area contributed by atoms with Crippen LogP contribution in [-0.4, -0.2) is 49.6 Å². The van der Waals surface area contributed by atoms with Gasteiger partial charge in [-0.2, -0.15) is 0 Å². The maximum atomic E-state index is 13.1. The van der Waals surface area contributed by atoms with E-state index >= 15 is 0 Å². The van der Waals surface area contributed by atoms with Gasteiger partial charge in [-0.15, -0.1) is 0 Å². The number of hydrogen-bond donors (Lipinski definition) is 1. The summed E-state index contributed by atoms with van der Waals surface area (Å²) in [4.78, 5) is 5.99. The summed E-state index contributed by atoms with van der Waals surface area (Å²) in [5, 5.41) is 9.25. The van der Waals surface area contributed by atoms with Crippen LogP contribution < -0.4 is 4.90 Å². The molecule has 0 amide bonds. The van der Waals surface area contributed by atoms with Gasteiger partial charge in [0.2, 0.25) is 0 Å². The SMILES string of the molecule is COC1CN(c2ncc(F)cc2CO)CC1OC. The molecule has 0 spiro atoms. The zero-order valence-corrected chi connectivity index (χ0v) is 10.5. The first kappa shape index (κ1) is 13.2. The Morgan fingerprint density at radius 2 is 2.00 bits per heavy atom. The topological polar surface area (TPSA) is 54.8 Å². The minimum absolute atomic E-state index is 0.0478. The number of hydrogen-bond acceptors (Lipinski definition) is 5. The second-order valence-corrected chi connectivity index (χ2v) is 4.25. The molecule has 1 fully saturated rings. The van der Waals surface area contributed by atoms with Crippen LogP contribution in [0.3, 0.4) is 0 Å². The lowest BCUT2D eigenvalue weighted by Gasteiger charge is -2.19. The first-order valence-corrected chi connectivity index (χ1v) is 5.75. The molecular weight excluding hydrogens is 239 g/mol. The van der Waals surface area contributed by atoms with E-state index in [-0.39, 0.29) is 18.8 Å². The molecule has 100 valence electrons. The molecule has 1 N–H and O–H groups in total. The fraction of sp³-hybridized carbons (Fsp3) is 0.583. The van der Waals surface area contributed by atoms with Gasteiger partial charge >= 0.3 is 0 Å². The third-order valence-electron chi connectivity index (χ3n) is 3.20. The Hall–Kier alpha value is -1.24. The summed E-state index contributed by atoms with van der Waals surface area (Å²) < 4.78 is 23.7. The molecular formula is C12H17FN2O3. The van der Waals surface area contributed by atoms with E-state index in [1.165, 1.54) is 6.07 Å². The molecule has 5 nitrogen and oxygen atoms in total. The van der Waals surface area contributed by atoms with Crippen molar-refractivity contribution in [1.82, 2.24) is 4.98 Å². The predicted molar refractivity (Wildman–Crippen MR) is 63.9 cm³/mol. The van der Waals surface area contributed by atoms with Crippen LogP contribution in [0.4, 0.5) is 10.2 Å². The fourth-order valence-electron chi connectivity index (χ4n) is 2.24. The van der Waals surface area contributed by atoms with Crippen molar-refractivity contribution in [3.63, 3.8) is 0 Å². The van der Waals surface area contributed by atoms with Gasteiger partial charge in [-0.3, -0.25) is 0 Å². The second kappa shape index (κ2) is 5.60. The minimum atomic E-state index is -0.450. The van der Waals surface area contributed by atoms with Crippen molar-refractivity contribution >= 4 is 5.82 Å². The van der Waals surface area contributed by atoms with Gasteiger partial charge in [-0.25, -0.2) is 9.37 Å². The van der Waals surface area contributed by atoms with E-state index in [0.717, 1.165) is 6.20 Å². The van der Waals surface area contributed by atoms with Crippen molar-refractivity contribution in [1.29, 1.82) is 0 Å². The highest BCUT2D eigenvalue weighted by Crippen LogP contribution is 2.25. The molecule has 2 atom stereocenters. The molecule has 1 aromatic rings. The molecule has 0 aromatic carbocycles. The molecule has 2 unspecified atom stereocenters. The third kappa shape index (κ3) is 2.45. The Balaban J connectivity index is 2.22. The van der Waals surface area contributed by atoms with Gasteiger partial charge in [0.25, 0.3) is 0 Å². The lowest BCUT2D eigenvalue weighted by Crippen LogP contribution is -2.27. The van der Waals surface area contributed by atoms with E-state index in [1.807, 2.05) is 4.90 Å². The van der Waals surface area contributed by atoms with Crippen LogP contribution in [0.15, 0.2) is 12.3 Å². The number of aliphatic hydroxyl groups is 1. The van der Waals surface area contributed by atoms with Crippen molar-refractivity contribution in [2.75, 3.05) is 32.2 Å². The summed E-state index contributed by atoms with van der Waals surface area (Å²) in [6, 6.07) is 1.30. The molecule has 6 heteroatoms. The van der Waals surface area contributed by atoms with Gasteiger partial charge in [0.1, 0.15) is 23.8 Å². The zero-order chi connectivity index (χ0) is 13.1. The zero-order valence-electron chi connectivity index (χ0n) is 10.5. The Morgan fingerprint density at radius 3 is 2.50 bits per heavy atom. The molecule has 0 bridgehead atoms. The number of ether oxygens (including phenoxy) is 2. The summed E-state index contributed by atoms with van der Waals surface area (Å²) in [6.07, 6.45) is 1.05. The molecule has 0 radical (unpaired) electrons. The number of rotatable bonds is 4. The number of aliphatic hydroxyl groups excluding tert-OH is 1.